The zero-order valence-corrected chi connectivity index (χ0v) is 28.9. The van der Waals surface area contributed by atoms with Gasteiger partial charge in [-0.1, -0.05) is 24.3 Å². The molecular formula is C40H38F2N6O4. The van der Waals surface area contributed by atoms with Gasteiger partial charge in [0.25, 0.3) is 0 Å². The molecule has 12 heteroatoms. The molecule has 0 aliphatic carbocycles. The number of carbonyl (C=O) groups is 1. The van der Waals surface area contributed by atoms with Gasteiger partial charge in [0.2, 0.25) is 5.89 Å². The molecule has 10 nitrogen and oxygen atoms in total. The number of benzene rings is 3. The number of rotatable bonds is 11. The van der Waals surface area contributed by atoms with Crippen LogP contribution in [-0.4, -0.2) is 68.1 Å². The first-order valence-corrected chi connectivity index (χ1v) is 17.5. The molecule has 2 aliphatic rings. The van der Waals surface area contributed by atoms with Crippen LogP contribution in [0.1, 0.15) is 41.5 Å². The predicted octanol–water partition coefficient (Wildman–Crippen LogP) is 8.32. The number of alkyl halides is 2. The second kappa shape index (κ2) is 13.9. The fourth-order valence-corrected chi connectivity index (χ4v) is 7.39. The van der Waals surface area contributed by atoms with Gasteiger partial charge in [-0.3, -0.25) is 19.6 Å². The lowest BCUT2D eigenvalue weighted by atomic mass is 9.93. The third-order valence-corrected chi connectivity index (χ3v) is 10.3. The maximum atomic E-state index is 13.5. The minimum atomic E-state index is -3.06. The summed E-state index contributed by atoms with van der Waals surface area (Å²) in [6, 6.07) is 18.6. The molecule has 2 N–H and O–H groups in total. The Morgan fingerprint density at radius 3 is 2.54 bits per heavy atom. The van der Waals surface area contributed by atoms with Crippen molar-refractivity contribution in [1.29, 1.82) is 0 Å². The van der Waals surface area contributed by atoms with Crippen molar-refractivity contribution in [2.45, 2.75) is 58.9 Å². The molecule has 0 saturated carbocycles. The number of carboxylic acids is 1. The number of likely N-dealkylation sites (tertiary alicyclic amines) is 2. The normalized spacial score (nSPS) is 16.5. The molecule has 2 aliphatic heterocycles. The Balaban J connectivity index is 1.10. The maximum Gasteiger partial charge on any atom is 0.387 e. The number of ether oxygens (including phenoxy) is 1. The fraction of sp³-hybridized carbons (Fsp3) is 0.300. The van der Waals surface area contributed by atoms with Crippen LogP contribution < -0.4 is 10.1 Å². The SMILES string of the molecule is Cc1c(Nc2nccc3cc(CN4CCC4)cnc23)cccc1-c1cccc(-c2nc3cc(CN4CCCC4C(=O)O)c(OC(F)F)cc3o2)c1C. The Bertz CT molecular complexity index is 2310. The number of nitrogens with one attached hydrogen (secondary N) is 1. The average Bonchev–Trinajstić information content (AvgIpc) is 3.74. The predicted molar refractivity (Wildman–Crippen MR) is 195 cm³/mol. The van der Waals surface area contributed by atoms with Gasteiger partial charge in [0, 0.05) is 53.8 Å². The summed E-state index contributed by atoms with van der Waals surface area (Å²) in [5.41, 5.74) is 8.78. The number of carboxylic acid groups (broad SMARTS) is 1. The molecule has 6 aromatic rings. The first-order valence-electron chi connectivity index (χ1n) is 17.5. The third-order valence-electron chi connectivity index (χ3n) is 10.3. The number of aliphatic carboxylic acids is 1. The smallest absolute Gasteiger partial charge is 0.387 e. The number of aromatic nitrogens is 3. The maximum absolute atomic E-state index is 13.5. The number of oxazole rings is 1. The largest absolute Gasteiger partial charge is 0.480 e. The highest BCUT2D eigenvalue weighted by molar-refractivity contribution is 5.91. The van der Waals surface area contributed by atoms with E-state index in [9.17, 15) is 18.7 Å². The van der Waals surface area contributed by atoms with E-state index in [-0.39, 0.29) is 12.3 Å². The summed E-state index contributed by atoms with van der Waals surface area (Å²) in [6.07, 6.45) is 6.20. The van der Waals surface area contributed by atoms with E-state index in [0.29, 0.717) is 47.8 Å². The first-order chi connectivity index (χ1) is 25.2. The molecule has 0 bridgehead atoms. The van der Waals surface area contributed by atoms with Crippen LogP contribution >= 0.6 is 0 Å². The first kappa shape index (κ1) is 33.7. The second-order valence-corrected chi connectivity index (χ2v) is 13.6. The van der Waals surface area contributed by atoms with E-state index in [1.807, 2.05) is 49.5 Å². The number of nitrogens with zero attached hydrogens (tertiary/aromatic N) is 5. The number of hydrogen-bond donors (Lipinski definition) is 2. The van der Waals surface area contributed by atoms with Crippen molar-refractivity contribution in [2.24, 2.45) is 0 Å². The van der Waals surface area contributed by atoms with E-state index in [4.69, 9.17) is 19.1 Å². The van der Waals surface area contributed by atoms with Gasteiger partial charge in [0.05, 0.1) is 0 Å². The van der Waals surface area contributed by atoms with Gasteiger partial charge in [-0.15, -0.1) is 0 Å². The molecule has 8 rings (SSSR count). The van der Waals surface area contributed by atoms with E-state index in [2.05, 4.69) is 34.3 Å². The molecule has 0 spiro atoms. The summed E-state index contributed by atoms with van der Waals surface area (Å²) >= 11 is 0. The summed E-state index contributed by atoms with van der Waals surface area (Å²) in [5, 5.41) is 14.2. The number of halogens is 2. The van der Waals surface area contributed by atoms with Crippen LogP contribution in [0, 0.1) is 13.8 Å². The fourth-order valence-electron chi connectivity index (χ4n) is 7.39. The zero-order chi connectivity index (χ0) is 35.9. The Kier molecular flexibility index (Phi) is 9.02. The zero-order valence-electron chi connectivity index (χ0n) is 28.9. The van der Waals surface area contributed by atoms with E-state index in [1.54, 1.807) is 17.2 Å². The van der Waals surface area contributed by atoms with Gasteiger partial charge in [-0.25, -0.2) is 9.97 Å². The van der Waals surface area contributed by atoms with Gasteiger partial charge >= 0.3 is 12.6 Å². The number of pyridine rings is 2. The van der Waals surface area contributed by atoms with Crippen molar-refractivity contribution < 1.29 is 27.8 Å². The van der Waals surface area contributed by atoms with E-state index >= 15 is 0 Å². The molecular weight excluding hydrogens is 666 g/mol. The molecule has 3 aromatic carbocycles. The lowest BCUT2D eigenvalue weighted by Crippen LogP contribution is -2.36. The molecule has 52 heavy (non-hydrogen) atoms. The van der Waals surface area contributed by atoms with Crippen LogP contribution in [0.2, 0.25) is 0 Å². The molecule has 0 amide bonds. The molecule has 5 heterocycles. The van der Waals surface area contributed by atoms with Crippen molar-refractivity contribution in [3.8, 4) is 28.3 Å². The van der Waals surface area contributed by atoms with Gasteiger partial charge < -0.3 is 19.6 Å². The van der Waals surface area contributed by atoms with Crippen LogP contribution in [0.4, 0.5) is 20.3 Å². The van der Waals surface area contributed by atoms with Crippen LogP contribution in [0.15, 0.2) is 77.5 Å². The lowest BCUT2D eigenvalue weighted by Gasteiger charge is -2.30. The van der Waals surface area contributed by atoms with E-state index in [1.165, 1.54) is 18.1 Å². The highest BCUT2D eigenvalue weighted by atomic mass is 19.3. The standard InChI is InChI=1S/C40H38F2N6O4/c1-23-28(29-8-4-10-31(24(29)2)45-37-36-26(12-13-43-37)17-25(20-44-36)21-47-14-6-15-47)7-3-9-30(23)38-46-32-18-27(22-48-16-5-11-33(48)39(49)50)34(52-40(41)42)19-35(32)51-38/h3-4,7-10,12-13,17-20,33,40H,5-6,11,14-16,21-22H2,1-2H3,(H,43,45)(H,49,50). The summed E-state index contributed by atoms with van der Waals surface area (Å²) < 4.78 is 38.0. The molecule has 2 saturated heterocycles. The lowest BCUT2D eigenvalue weighted by molar-refractivity contribution is -0.142. The average molecular weight is 705 g/mol. The molecule has 2 fully saturated rings. The summed E-state index contributed by atoms with van der Waals surface area (Å²) in [6.45, 7) is 4.86. The van der Waals surface area contributed by atoms with Gasteiger partial charge in [0.15, 0.2) is 11.4 Å². The Morgan fingerprint density at radius 1 is 0.981 bits per heavy atom. The molecule has 266 valence electrons. The Hall–Kier alpha value is -5.46. The summed E-state index contributed by atoms with van der Waals surface area (Å²) in [5.74, 6) is 0.0299. The van der Waals surface area contributed by atoms with E-state index in [0.717, 1.165) is 64.0 Å². The number of hydrogen-bond acceptors (Lipinski definition) is 9. The molecule has 0 radical (unpaired) electrons. The van der Waals surface area contributed by atoms with Crippen molar-refractivity contribution in [1.82, 2.24) is 24.8 Å². The Labute approximate surface area is 299 Å². The monoisotopic (exact) mass is 704 g/mol. The minimum Gasteiger partial charge on any atom is -0.480 e. The number of fused-ring (bicyclic) bond motifs is 2. The van der Waals surface area contributed by atoms with Crippen molar-refractivity contribution in [2.75, 3.05) is 25.0 Å². The van der Waals surface area contributed by atoms with Gasteiger partial charge in [-0.05, 0) is 111 Å². The van der Waals surface area contributed by atoms with Gasteiger partial charge in [0.1, 0.15) is 22.8 Å². The summed E-state index contributed by atoms with van der Waals surface area (Å²) in [4.78, 5) is 30.2. The summed E-state index contributed by atoms with van der Waals surface area (Å²) in [7, 11) is 0. The minimum absolute atomic E-state index is 0.0605. The van der Waals surface area contributed by atoms with Gasteiger partial charge in [-0.2, -0.15) is 8.78 Å². The highest BCUT2D eigenvalue weighted by Crippen LogP contribution is 2.38. The van der Waals surface area contributed by atoms with Crippen molar-refractivity contribution >= 4 is 39.5 Å². The second-order valence-electron chi connectivity index (χ2n) is 13.6. The van der Waals surface area contributed by atoms with Crippen LogP contribution in [-0.2, 0) is 17.9 Å². The Morgan fingerprint density at radius 2 is 1.77 bits per heavy atom. The molecule has 1 unspecified atom stereocenters. The quantitative estimate of drug-likeness (QED) is 0.136. The highest BCUT2D eigenvalue weighted by Gasteiger charge is 2.31. The topological polar surface area (TPSA) is 117 Å². The van der Waals surface area contributed by atoms with E-state index < -0.39 is 18.6 Å². The molecule has 3 aromatic heterocycles. The molecule has 1 atom stereocenters. The number of anilines is 2. The van der Waals surface area contributed by atoms with Crippen LogP contribution in [0.5, 0.6) is 5.75 Å². The van der Waals surface area contributed by atoms with Crippen molar-refractivity contribution in [3.05, 3.63) is 95.3 Å². The van der Waals surface area contributed by atoms with Crippen LogP contribution in [0.25, 0.3) is 44.6 Å². The van der Waals surface area contributed by atoms with Crippen LogP contribution in [0.3, 0.4) is 0 Å². The third kappa shape index (κ3) is 6.55. The van der Waals surface area contributed by atoms with Crippen molar-refractivity contribution in [3.63, 3.8) is 0 Å².